The summed E-state index contributed by atoms with van der Waals surface area (Å²) in [6.07, 6.45) is 0. The zero-order chi connectivity index (χ0) is 18.8. The van der Waals surface area contributed by atoms with Crippen molar-refractivity contribution in [3.05, 3.63) is 65.7 Å². The Morgan fingerprint density at radius 1 is 1.00 bits per heavy atom. The third-order valence-corrected chi connectivity index (χ3v) is 4.96. The van der Waals surface area contributed by atoms with Crippen LogP contribution in [0.2, 0.25) is 0 Å². The molecule has 148 valence electrons. The number of benzene rings is 2. The van der Waals surface area contributed by atoms with E-state index in [4.69, 9.17) is 0 Å². The van der Waals surface area contributed by atoms with Gasteiger partial charge in [-0.2, -0.15) is 0 Å². The first-order valence-electron chi connectivity index (χ1n) is 8.95. The number of nitrogens with one attached hydrogen (secondary N) is 2. The molecule has 27 heavy (non-hydrogen) atoms. The molecule has 0 saturated carbocycles. The van der Waals surface area contributed by atoms with Gasteiger partial charge in [-0.3, -0.25) is 4.99 Å². The normalized spacial score (nSPS) is 12.4. The van der Waals surface area contributed by atoms with E-state index in [1.54, 1.807) is 0 Å². The molecule has 0 aromatic heterocycles. The van der Waals surface area contributed by atoms with Gasteiger partial charge in [-0.25, -0.2) is 0 Å². The van der Waals surface area contributed by atoms with Crippen LogP contribution in [0.25, 0.3) is 0 Å². The largest absolute Gasteiger partial charge is 0.355 e. The van der Waals surface area contributed by atoms with Gasteiger partial charge in [0.1, 0.15) is 0 Å². The lowest BCUT2D eigenvalue weighted by Gasteiger charge is -2.16. The van der Waals surface area contributed by atoms with E-state index < -0.39 is 0 Å². The number of halogens is 1. The van der Waals surface area contributed by atoms with Crippen LogP contribution >= 0.6 is 35.7 Å². The highest BCUT2D eigenvalue weighted by atomic mass is 127. The fourth-order valence-corrected chi connectivity index (χ4v) is 3.49. The van der Waals surface area contributed by atoms with Crippen LogP contribution in [0, 0.1) is 0 Å². The lowest BCUT2D eigenvalue weighted by Crippen LogP contribution is -2.39. The zero-order valence-electron chi connectivity index (χ0n) is 16.6. The second-order valence-corrected chi connectivity index (χ2v) is 8.11. The fraction of sp³-hybridized carbons (Fsp3) is 0.381. The van der Waals surface area contributed by atoms with E-state index in [9.17, 15) is 0 Å². The molecule has 6 heteroatoms. The summed E-state index contributed by atoms with van der Waals surface area (Å²) in [5.41, 5.74) is 2.58. The Morgan fingerprint density at radius 2 is 1.63 bits per heavy atom. The maximum Gasteiger partial charge on any atom is 0.191 e. The summed E-state index contributed by atoms with van der Waals surface area (Å²) in [6, 6.07) is 19.2. The Hall–Kier alpha value is -1.25. The first kappa shape index (κ1) is 23.8. The number of thioether (sulfide) groups is 1. The predicted octanol–water partition coefficient (Wildman–Crippen LogP) is 4.21. The van der Waals surface area contributed by atoms with Gasteiger partial charge in [0.05, 0.1) is 0 Å². The van der Waals surface area contributed by atoms with Gasteiger partial charge in [-0.1, -0.05) is 49.4 Å². The van der Waals surface area contributed by atoms with Crippen molar-refractivity contribution in [2.24, 2.45) is 4.99 Å². The van der Waals surface area contributed by atoms with Crippen molar-refractivity contribution in [1.82, 2.24) is 15.5 Å². The monoisotopic (exact) mass is 498 g/mol. The molecule has 0 aliphatic carbocycles. The van der Waals surface area contributed by atoms with E-state index in [0.29, 0.717) is 5.25 Å². The van der Waals surface area contributed by atoms with Crippen molar-refractivity contribution in [3.63, 3.8) is 0 Å². The summed E-state index contributed by atoms with van der Waals surface area (Å²) in [5, 5.41) is 7.25. The molecule has 2 aromatic carbocycles. The van der Waals surface area contributed by atoms with E-state index in [0.717, 1.165) is 25.6 Å². The quantitative estimate of drug-likeness (QED) is 0.248. The van der Waals surface area contributed by atoms with Crippen LogP contribution in [0.5, 0.6) is 0 Å². The molecule has 0 aliphatic rings. The van der Waals surface area contributed by atoms with Crippen LogP contribution in [0.3, 0.4) is 0 Å². The molecule has 0 amide bonds. The highest BCUT2D eigenvalue weighted by Gasteiger charge is 2.06. The molecule has 0 radical (unpaired) electrons. The molecule has 2 rings (SSSR count). The molecule has 1 unspecified atom stereocenters. The topological polar surface area (TPSA) is 39.7 Å². The van der Waals surface area contributed by atoms with Gasteiger partial charge in [-0.15, -0.1) is 35.7 Å². The minimum atomic E-state index is 0. The lowest BCUT2D eigenvalue weighted by molar-refractivity contribution is 0.402. The second-order valence-electron chi connectivity index (χ2n) is 6.60. The molecule has 0 spiro atoms. The van der Waals surface area contributed by atoms with Crippen molar-refractivity contribution < 1.29 is 0 Å². The molecule has 2 N–H and O–H groups in total. The average molecular weight is 498 g/mol. The molecule has 0 bridgehead atoms. The van der Waals surface area contributed by atoms with Gasteiger partial charge in [0.15, 0.2) is 5.96 Å². The van der Waals surface area contributed by atoms with E-state index in [2.05, 4.69) is 90.1 Å². The third kappa shape index (κ3) is 9.48. The van der Waals surface area contributed by atoms with Crippen LogP contribution < -0.4 is 10.6 Å². The maximum absolute atomic E-state index is 4.32. The summed E-state index contributed by atoms with van der Waals surface area (Å²) in [6.45, 7) is 4.82. The standard InChI is InChI=1S/C21H30N4S.HI/c1-17(26-20-8-6-5-7-9-20)14-23-21(22-2)24-15-18-10-12-19(13-11-18)16-25(3)4;/h5-13,17H,14-16H2,1-4H3,(H2,22,23,24);1H. The van der Waals surface area contributed by atoms with Crippen LogP contribution in [-0.2, 0) is 13.1 Å². The molecule has 2 aromatic rings. The molecular weight excluding hydrogens is 467 g/mol. The number of nitrogens with zero attached hydrogens (tertiary/aromatic N) is 2. The van der Waals surface area contributed by atoms with Crippen LogP contribution in [0.1, 0.15) is 18.1 Å². The highest BCUT2D eigenvalue weighted by Crippen LogP contribution is 2.21. The van der Waals surface area contributed by atoms with Gasteiger partial charge >= 0.3 is 0 Å². The van der Waals surface area contributed by atoms with Gasteiger partial charge in [0.25, 0.3) is 0 Å². The van der Waals surface area contributed by atoms with Crippen LogP contribution in [0.15, 0.2) is 64.5 Å². The summed E-state index contributed by atoms with van der Waals surface area (Å²) < 4.78 is 0. The lowest BCUT2D eigenvalue weighted by atomic mass is 10.1. The number of rotatable bonds is 8. The van der Waals surface area contributed by atoms with Crippen LogP contribution in [0.4, 0.5) is 0 Å². The molecular formula is C21H31IN4S. The van der Waals surface area contributed by atoms with Crippen molar-refractivity contribution in [2.75, 3.05) is 27.7 Å². The fourth-order valence-electron chi connectivity index (χ4n) is 2.55. The van der Waals surface area contributed by atoms with E-state index >= 15 is 0 Å². The van der Waals surface area contributed by atoms with Crippen LogP contribution in [-0.4, -0.2) is 43.8 Å². The van der Waals surface area contributed by atoms with E-state index in [-0.39, 0.29) is 24.0 Å². The number of guanidine groups is 1. The van der Waals surface area contributed by atoms with Crippen molar-refractivity contribution in [3.8, 4) is 0 Å². The van der Waals surface area contributed by atoms with Crippen molar-refractivity contribution >= 4 is 41.7 Å². The highest BCUT2D eigenvalue weighted by molar-refractivity contribution is 14.0. The molecule has 0 aliphatic heterocycles. The Balaban J connectivity index is 0.00000364. The molecule has 0 fully saturated rings. The average Bonchev–Trinajstić information content (AvgIpc) is 2.63. The minimum Gasteiger partial charge on any atom is -0.355 e. The Kier molecular flexibility index (Phi) is 11.5. The minimum absolute atomic E-state index is 0. The summed E-state index contributed by atoms with van der Waals surface area (Å²) >= 11 is 1.87. The third-order valence-electron chi connectivity index (χ3n) is 3.84. The number of aliphatic imine (C=N–C) groups is 1. The van der Waals surface area contributed by atoms with Crippen molar-refractivity contribution in [2.45, 2.75) is 30.2 Å². The first-order valence-corrected chi connectivity index (χ1v) is 9.83. The maximum atomic E-state index is 4.32. The Morgan fingerprint density at radius 3 is 2.22 bits per heavy atom. The van der Waals surface area contributed by atoms with E-state index in [1.807, 2.05) is 24.9 Å². The number of hydrogen-bond donors (Lipinski definition) is 2. The zero-order valence-corrected chi connectivity index (χ0v) is 19.8. The number of hydrogen-bond acceptors (Lipinski definition) is 3. The first-order chi connectivity index (χ1) is 12.6. The molecule has 4 nitrogen and oxygen atoms in total. The smallest absolute Gasteiger partial charge is 0.191 e. The van der Waals surface area contributed by atoms with Crippen molar-refractivity contribution in [1.29, 1.82) is 0 Å². The predicted molar refractivity (Wildman–Crippen MR) is 129 cm³/mol. The summed E-state index contributed by atoms with van der Waals surface area (Å²) in [5.74, 6) is 0.836. The van der Waals surface area contributed by atoms with Gasteiger partial charge in [0, 0.05) is 36.8 Å². The Labute approximate surface area is 185 Å². The SMILES string of the molecule is CN=C(NCc1ccc(CN(C)C)cc1)NCC(C)Sc1ccccc1.I. The Bertz CT molecular complexity index is 674. The molecule has 1 atom stereocenters. The van der Waals surface area contributed by atoms with Gasteiger partial charge in [0.2, 0.25) is 0 Å². The van der Waals surface area contributed by atoms with Gasteiger partial charge in [-0.05, 0) is 37.4 Å². The summed E-state index contributed by atoms with van der Waals surface area (Å²) in [4.78, 5) is 7.79. The second kappa shape index (κ2) is 13.0. The summed E-state index contributed by atoms with van der Waals surface area (Å²) in [7, 11) is 5.98. The van der Waals surface area contributed by atoms with E-state index in [1.165, 1.54) is 16.0 Å². The molecule has 0 heterocycles. The molecule has 0 saturated heterocycles. The van der Waals surface area contributed by atoms with Gasteiger partial charge < -0.3 is 15.5 Å².